The zero-order valence-electron chi connectivity index (χ0n) is 10.6. The van der Waals surface area contributed by atoms with Gasteiger partial charge in [-0.25, -0.2) is 0 Å². The molecule has 19 heavy (non-hydrogen) atoms. The maximum absolute atomic E-state index is 11.3. The summed E-state index contributed by atoms with van der Waals surface area (Å²) < 4.78 is 5.47. The second kappa shape index (κ2) is 6.53. The average molecular weight is 319 g/mol. The zero-order valence-corrected chi connectivity index (χ0v) is 12.2. The van der Waals surface area contributed by atoms with Gasteiger partial charge in [0, 0.05) is 6.92 Å². The highest BCUT2D eigenvalue weighted by molar-refractivity contribution is 9.09. The highest BCUT2D eigenvalue weighted by atomic mass is 79.9. The summed E-state index contributed by atoms with van der Waals surface area (Å²) in [5.41, 5.74) is 2.06. The normalized spacial score (nSPS) is 13.6. The van der Waals surface area contributed by atoms with E-state index >= 15 is 0 Å². The van der Waals surface area contributed by atoms with Crippen molar-refractivity contribution in [2.75, 3.05) is 0 Å². The molecule has 0 saturated carbocycles. The third-order valence-corrected chi connectivity index (χ3v) is 3.81. The number of hydrogen-bond acceptors (Lipinski definition) is 2. The van der Waals surface area contributed by atoms with Crippen LogP contribution in [0.25, 0.3) is 0 Å². The first-order valence-corrected chi connectivity index (χ1v) is 7.01. The van der Waals surface area contributed by atoms with E-state index < -0.39 is 0 Å². The van der Waals surface area contributed by atoms with Gasteiger partial charge < -0.3 is 4.74 Å². The van der Waals surface area contributed by atoms with E-state index in [4.69, 9.17) is 4.74 Å². The van der Waals surface area contributed by atoms with Crippen molar-refractivity contribution in [3.05, 3.63) is 71.8 Å². The summed E-state index contributed by atoms with van der Waals surface area (Å²) in [7, 11) is 0. The van der Waals surface area contributed by atoms with Crippen molar-refractivity contribution in [3.8, 4) is 0 Å². The molecule has 2 aromatic rings. The molecule has 0 aliphatic carbocycles. The minimum atomic E-state index is -0.332. The fourth-order valence-corrected chi connectivity index (χ4v) is 2.65. The lowest BCUT2D eigenvalue weighted by Crippen LogP contribution is -2.13. The number of carbonyl (C=O) groups excluding carboxylic acids is 1. The van der Waals surface area contributed by atoms with E-state index in [1.807, 2.05) is 60.7 Å². The van der Waals surface area contributed by atoms with E-state index in [0.717, 1.165) is 11.1 Å². The SMILES string of the molecule is CC(=O)OC(c1ccccc1)C(Br)c1ccccc1. The molecule has 0 fully saturated rings. The van der Waals surface area contributed by atoms with Crippen LogP contribution in [0.4, 0.5) is 0 Å². The standard InChI is InChI=1S/C16H15BrO2/c1-12(18)19-16(14-10-6-3-7-11-14)15(17)13-8-4-2-5-9-13/h2-11,15-16H,1H3. The van der Waals surface area contributed by atoms with Gasteiger partial charge in [0.05, 0.1) is 4.83 Å². The van der Waals surface area contributed by atoms with Crippen molar-refractivity contribution in [1.29, 1.82) is 0 Å². The quantitative estimate of drug-likeness (QED) is 0.616. The summed E-state index contributed by atoms with van der Waals surface area (Å²) in [6.45, 7) is 1.43. The van der Waals surface area contributed by atoms with Crippen molar-refractivity contribution >= 4 is 21.9 Å². The Kier molecular flexibility index (Phi) is 4.74. The van der Waals surface area contributed by atoms with E-state index in [1.54, 1.807) is 0 Å². The van der Waals surface area contributed by atoms with Crippen LogP contribution >= 0.6 is 15.9 Å². The average Bonchev–Trinajstić information content (AvgIpc) is 2.46. The molecule has 0 saturated heterocycles. The van der Waals surface area contributed by atoms with E-state index in [0.29, 0.717) is 0 Å². The Hall–Kier alpha value is -1.61. The second-order valence-electron chi connectivity index (χ2n) is 4.25. The molecule has 0 bridgehead atoms. The van der Waals surface area contributed by atoms with Crippen LogP contribution in [0.1, 0.15) is 29.0 Å². The van der Waals surface area contributed by atoms with E-state index in [2.05, 4.69) is 15.9 Å². The van der Waals surface area contributed by atoms with Gasteiger partial charge in [-0.05, 0) is 11.1 Å². The molecule has 3 heteroatoms. The number of esters is 1. The summed E-state index contributed by atoms with van der Waals surface area (Å²) in [4.78, 5) is 11.3. The first-order chi connectivity index (χ1) is 9.18. The van der Waals surface area contributed by atoms with Crippen LogP contribution in [-0.4, -0.2) is 5.97 Å². The van der Waals surface area contributed by atoms with Crippen molar-refractivity contribution < 1.29 is 9.53 Å². The molecule has 0 spiro atoms. The van der Waals surface area contributed by atoms with Crippen LogP contribution in [0.2, 0.25) is 0 Å². The van der Waals surface area contributed by atoms with Gasteiger partial charge in [-0.15, -0.1) is 0 Å². The molecule has 2 nitrogen and oxygen atoms in total. The number of hydrogen-bond donors (Lipinski definition) is 0. The first kappa shape index (κ1) is 13.8. The van der Waals surface area contributed by atoms with Crippen LogP contribution < -0.4 is 0 Å². The lowest BCUT2D eigenvalue weighted by molar-refractivity contribution is -0.146. The highest BCUT2D eigenvalue weighted by Crippen LogP contribution is 2.38. The number of benzene rings is 2. The minimum absolute atomic E-state index is 0.0694. The van der Waals surface area contributed by atoms with E-state index in [9.17, 15) is 4.79 Å². The van der Waals surface area contributed by atoms with Crippen LogP contribution in [0.3, 0.4) is 0 Å². The maximum Gasteiger partial charge on any atom is 0.303 e. The first-order valence-electron chi connectivity index (χ1n) is 6.09. The fraction of sp³-hybridized carbons (Fsp3) is 0.188. The van der Waals surface area contributed by atoms with Crippen LogP contribution in [0, 0.1) is 0 Å². The van der Waals surface area contributed by atoms with E-state index in [-0.39, 0.29) is 16.9 Å². The molecule has 98 valence electrons. The van der Waals surface area contributed by atoms with Crippen LogP contribution in [0.15, 0.2) is 60.7 Å². The van der Waals surface area contributed by atoms with Gasteiger partial charge in [0.15, 0.2) is 0 Å². The molecule has 0 radical (unpaired) electrons. The summed E-state index contributed by atoms with van der Waals surface area (Å²) >= 11 is 3.64. The molecule has 0 heterocycles. The molecule has 0 amide bonds. The van der Waals surface area contributed by atoms with E-state index in [1.165, 1.54) is 6.92 Å². The van der Waals surface area contributed by atoms with Gasteiger partial charge in [-0.2, -0.15) is 0 Å². The third-order valence-electron chi connectivity index (χ3n) is 2.80. The van der Waals surface area contributed by atoms with Gasteiger partial charge in [-0.3, -0.25) is 4.79 Å². The Balaban J connectivity index is 2.30. The van der Waals surface area contributed by atoms with Crippen molar-refractivity contribution in [1.82, 2.24) is 0 Å². The molecule has 0 N–H and O–H groups in total. The third kappa shape index (κ3) is 3.67. The van der Waals surface area contributed by atoms with Crippen LogP contribution in [0.5, 0.6) is 0 Å². The number of ether oxygens (including phenoxy) is 1. The van der Waals surface area contributed by atoms with Crippen molar-refractivity contribution in [3.63, 3.8) is 0 Å². The van der Waals surface area contributed by atoms with Gasteiger partial charge in [0.1, 0.15) is 6.10 Å². The largest absolute Gasteiger partial charge is 0.456 e. The molecular formula is C16H15BrO2. The predicted octanol–water partition coefficient (Wildman–Crippen LogP) is 4.43. The Bertz CT molecular complexity index is 525. The monoisotopic (exact) mass is 318 g/mol. The number of alkyl halides is 1. The molecule has 0 aliphatic heterocycles. The molecule has 0 aliphatic rings. The fourth-order valence-electron chi connectivity index (χ4n) is 1.93. The smallest absolute Gasteiger partial charge is 0.303 e. The maximum atomic E-state index is 11.3. The predicted molar refractivity (Wildman–Crippen MR) is 79.1 cm³/mol. The lowest BCUT2D eigenvalue weighted by atomic mass is 10.0. The van der Waals surface area contributed by atoms with Gasteiger partial charge >= 0.3 is 5.97 Å². The summed E-state index contributed by atoms with van der Waals surface area (Å²) in [6, 6.07) is 19.7. The number of halogens is 1. The summed E-state index contributed by atoms with van der Waals surface area (Å²) in [5, 5.41) is 0. The zero-order chi connectivity index (χ0) is 13.7. The Morgan fingerprint density at radius 1 is 0.947 bits per heavy atom. The minimum Gasteiger partial charge on any atom is -0.456 e. The molecular weight excluding hydrogens is 304 g/mol. The molecule has 2 rings (SSSR count). The highest BCUT2D eigenvalue weighted by Gasteiger charge is 2.24. The topological polar surface area (TPSA) is 26.3 Å². The second-order valence-corrected chi connectivity index (χ2v) is 5.24. The molecule has 2 aromatic carbocycles. The Morgan fingerprint density at radius 3 is 1.89 bits per heavy atom. The van der Waals surface area contributed by atoms with Gasteiger partial charge in [-0.1, -0.05) is 76.6 Å². The molecule has 0 aromatic heterocycles. The number of rotatable bonds is 4. The molecule has 2 unspecified atom stereocenters. The van der Waals surface area contributed by atoms with Crippen molar-refractivity contribution in [2.45, 2.75) is 17.9 Å². The van der Waals surface area contributed by atoms with Gasteiger partial charge in [0.2, 0.25) is 0 Å². The lowest BCUT2D eigenvalue weighted by Gasteiger charge is -2.23. The molecule has 2 atom stereocenters. The summed E-state index contributed by atoms with van der Waals surface area (Å²) in [6.07, 6.45) is -0.332. The van der Waals surface area contributed by atoms with Gasteiger partial charge in [0.25, 0.3) is 0 Å². The van der Waals surface area contributed by atoms with Crippen LogP contribution in [-0.2, 0) is 9.53 Å². The Labute approximate surface area is 121 Å². The number of carbonyl (C=O) groups is 1. The Morgan fingerprint density at radius 2 is 1.42 bits per heavy atom. The van der Waals surface area contributed by atoms with Crippen molar-refractivity contribution in [2.24, 2.45) is 0 Å². The summed E-state index contributed by atoms with van der Waals surface area (Å²) in [5.74, 6) is -0.283.